The largest absolute Gasteiger partial charge is 0.449 e. The van der Waals surface area contributed by atoms with Crippen LogP contribution in [0.4, 0.5) is 10.5 Å². The molecule has 0 bridgehead atoms. The van der Waals surface area contributed by atoms with Crippen molar-refractivity contribution in [3.8, 4) is 0 Å². The smallest absolute Gasteiger partial charge is 0.414 e. The molecule has 6 heteroatoms. The van der Waals surface area contributed by atoms with Crippen LogP contribution in [-0.4, -0.2) is 37.3 Å². The number of benzene rings is 2. The fraction of sp³-hybridized carbons (Fsp3) is 0.409. The fourth-order valence-electron chi connectivity index (χ4n) is 4.10. The number of nitrogens with two attached hydrogens (primary N) is 1. The number of nitrogens with zero attached hydrogens (tertiary/aromatic N) is 2. The van der Waals surface area contributed by atoms with Crippen molar-refractivity contribution >= 4 is 27.7 Å². The Hall–Kier alpha value is -1.89. The van der Waals surface area contributed by atoms with Gasteiger partial charge in [-0.1, -0.05) is 36.4 Å². The molecule has 1 amide bonds. The van der Waals surface area contributed by atoms with Crippen LogP contribution in [0, 0.1) is 0 Å². The molecule has 2 aliphatic heterocycles. The van der Waals surface area contributed by atoms with Crippen LogP contribution in [-0.2, 0) is 30.4 Å². The summed E-state index contributed by atoms with van der Waals surface area (Å²) in [5, 5.41) is 1.88. The molecule has 0 saturated carbocycles. The summed E-state index contributed by atoms with van der Waals surface area (Å²) in [6, 6.07) is 12.4. The summed E-state index contributed by atoms with van der Waals surface area (Å²) < 4.78 is 6.66. The Balaban J connectivity index is 1.52. The number of halogens is 1. The van der Waals surface area contributed by atoms with Crippen molar-refractivity contribution in [1.29, 1.82) is 0 Å². The zero-order valence-electron chi connectivity index (χ0n) is 16.0. The van der Waals surface area contributed by atoms with Gasteiger partial charge in [0, 0.05) is 30.5 Å². The molecule has 2 aromatic carbocycles. The maximum atomic E-state index is 12.8. The molecular formula is C22H26BrN3O2. The third-order valence-electron chi connectivity index (χ3n) is 5.61. The summed E-state index contributed by atoms with van der Waals surface area (Å²) >= 11 is 3.81. The summed E-state index contributed by atoms with van der Waals surface area (Å²) in [5.41, 5.74) is 6.00. The van der Waals surface area contributed by atoms with Crippen LogP contribution in [0.25, 0.3) is 0 Å². The zero-order chi connectivity index (χ0) is 19.5. The molecule has 4 rings (SSSR count). The molecule has 5 nitrogen and oxygen atoms in total. The summed E-state index contributed by atoms with van der Waals surface area (Å²) in [6.45, 7) is 2.77. The van der Waals surface area contributed by atoms with Crippen molar-refractivity contribution in [2.24, 2.45) is 5.84 Å². The third kappa shape index (κ3) is 4.09. The Labute approximate surface area is 174 Å². The summed E-state index contributed by atoms with van der Waals surface area (Å²) in [6.07, 6.45) is 4.24. The minimum atomic E-state index is -0.258. The first-order valence-electron chi connectivity index (χ1n) is 9.94. The van der Waals surface area contributed by atoms with E-state index >= 15 is 0 Å². The second kappa shape index (κ2) is 8.64. The number of rotatable bonds is 3. The highest BCUT2D eigenvalue weighted by molar-refractivity contribution is 9.10. The van der Waals surface area contributed by atoms with Crippen LogP contribution in [0.3, 0.4) is 0 Å². The quantitative estimate of drug-likeness (QED) is 0.731. The molecule has 0 aliphatic carbocycles. The van der Waals surface area contributed by atoms with Gasteiger partial charge in [-0.25, -0.2) is 9.80 Å². The standard InChI is InChI=1S/C22H26BrN3O2/c23-20-19-9-13-25(24)12-8-17(19)15-18-7-4-11-26(21(18)20)22(27)28-14-10-16-5-2-1-3-6-16/h1-3,5-6,15H,4,7-14,24H2. The number of ether oxygens (including phenoxy) is 1. The Morgan fingerprint density at radius 3 is 2.68 bits per heavy atom. The third-order valence-corrected chi connectivity index (χ3v) is 6.46. The molecule has 0 unspecified atom stereocenters. The highest BCUT2D eigenvalue weighted by Gasteiger charge is 2.29. The highest BCUT2D eigenvalue weighted by atomic mass is 79.9. The number of carbonyl (C=O) groups is 1. The second-order valence-electron chi connectivity index (χ2n) is 7.48. The first-order valence-corrected chi connectivity index (χ1v) is 10.7. The molecule has 28 heavy (non-hydrogen) atoms. The minimum Gasteiger partial charge on any atom is -0.449 e. The number of aryl methyl sites for hydroxylation is 1. The van der Waals surface area contributed by atoms with Gasteiger partial charge in [0.25, 0.3) is 0 Å². The van der Waals surface area contributed by atoms with Gasteiger partial charge in [0.2, 0.25) is 0 Å². The molecule has 0 aromatic heterocycles. The van der Waals surface area contributed by atoms with E-state index in [1.54, 1.807) is 4.90 Å². The van der Waals surface area contributed by atoms with Crippen LogP contribution in [0.15, 0.2) is 40.9 Å². The molecule has 2 heterocycles. The van der Waals surface area contributed by atoms with Crippen LogP contribution in [0.1, 0.15) is 28.7 Å². The summed E-state index contributed by atoms with van der Waals surface area (Å²) in [7, 11) is 0. The fourth-order valence-corrected chi connectivity index (χ4v) is 5.02. The SMILES string of the molecule is NN1CCc2cc3c(c(Br)c2CC1)N(C(=O)OCCc1ccccc1)CCC3. The lowest BCUT2D eigenvalue weighted by Gasteiger charge is -2.31. The van der Waals surface area contributed by atoms with Crippen LogP contribution >= 0.6 is 15.9 Å². The van der Waals surface area contributed by atoms with Gasteiger partial charge in [-0.15, -0.1) is 0 Å². The number of anilines is 1. The predicted octanol–water partition coefficient (Wildman–Crippen LogP) is 3.86. The number of fused-ring (bicyclic) bond motifs is 2. The Morgan fingerprint density at radius 2 is 1.86 bits per heavy atom. The van der Waals surface area contributed by atoms with E-state index in [2.05, 4.69) is 34.1 Å². The van der Waals surface area contributed by atoms with Gasteiger partial charge < -0.3 is 4.74 Å². The molecule has 2 aromatic rings. The van der Waals surface area contributed by atoms with Crippen molar-refractivity contribution < 1.29 is 9.53 Å². The number of hydrogen-bond donors (Lipinski definition) is 1. The minimum absolute atomic E-state index is 0.258. The lowest BCUT2D eigenvalue weighted by molar-refractivity contribution is 0.154. The lowest BCUT2D eigenvalue weighted by Crippen LogP contribution is -2.37. The molecule has 0 saturated heterocycles. The molecule has 2 N–H and O–H groups in total. The van der Waals surface area contributed by atoms with Gasteiger partial charge in [-0.2, -0.15) is 0 Å². The van der Waals surface area contributed by atoms with Crippen molar-refractivity contribution in [1.82, 2.24) is 5.01 Å². The Kier molecular flexibility index (Phi) is 5.99. The Morgan fingerprint density at radius 1 is 1.07 bits per heavy atom. The van der Waals surface area contributed by atoms with E-state index in [0.717, 1.165) is 55.4 Å². The van der Waals surface area contributed by atoms with Crippen LogP contribution < -0.4 is 10.7 Å². The first-order chi connectivity index (χ1) is 13.6. The van der Waals surface area contributed by atoms with Gasteiger partial charge >= 0.3 is 6.09 Å². The maximum absolute atomic E-state index is 12.8. The number of carbonyl (C=O) groups excluding carboxylic acids is 1. The van der Waals surface area contributed by atoms with Crippen LogP contribution in [0.5, 0.6) is 0 Å². The average Bonchev–Trinajstić information content (AvgIpc) is 2.90. The molecule has 2 aliphatic rings. The normalized spacial score (nSPS) is 16.9. The molecule has 0 spiro atoms. The van der Waals surface area contributed by atoms with E-state index in [1.807, 2.05) is 23.2 Å². The molecule has 148 valence electrons. The molecule has 0 atom stereocenters. The van der Waals surface area contributed by atoms with Crippen molar-refractivity contribution in [2.75, 3.05) is 31.1 Å². The predicted molar refractivity (Wildman–Crippen MR) is 114 cm³/mol. The van der Waals surface area contributed by atoms with E-state index in [4.69, 9.17) is 10.6 Å². The van der Waals surface area contributed by atoms with Gasteiger partial charge in [-0.3, -0.25) is 10.7 Å². The highest BCUT2D eigenvalue weighted by Crippen LogP contribution is 2.40. The maximum Gasteiger partial charge on any atom is 0.414 e. The van der Waals surface area contributed by atoms with Gasteiger partial charge in [0.1, 0.15) is 0 Å². The average molecular weight is 444 g/mol. The summed E-state index contributed by atoms with van der Waals surface area (Å²) in [5.74, 6) is 6.03. The topological polar surface area (TPSA) is 58.8 Å². The number of hydrazine groups is 1. The monoisotopic (exact) mass is 443 g/mol. The summed E-state index contributed by atoms with van der Waals surface area (Å²) in [4.78, 5) is 14.7. The van der Waals surface area contributed by atoms with Crippen LogP contribution in [0.2, 0.25) is 0 Å². The van der Waals surface area contributed by atoms with E-state index in [1.165, 1.54) is 22.3 Å². The van der Waals surface area contributed by atoms with Gasteiger partial charge in [-0.05, 0) is 63.9 Å². The number of hydrogen-bond acceptors (Lipinski definition) is 4. The molecular weight excluding hydrogens is 418 g/mol. The van der Waals surface area contributed by atoms with Crippen molar-refractivity contribution in [2.45, 2.75) is 32.1 Å². The van der Waals surface area contributed by atoms with E-state index in [-0.39, 0.29) is 6.09 Å². The van der Waals surface area contributed by atoms with Gasteiger partial charge in [0.15, 0.2) is 0 Å². The van der Waals surface area contributed by atoms with E-state index in [9.17, 15) is 4.79 Å². The second-order valence-corrected chi connectivity index (χ2v) is 8.27. The first kappa shape index (κ1) is 19.4. The van der Waals surface area contributed by atoms with E-state index < -0.39 is 0 Å². The number of amides is 1. The zero-order valence-corrected chi connectivity index (χ0v) is 17.6. The van der Waals surface area contributed by atoms with E-state index in [0.29, 0.717) is 13.2 Å². The molecule has 0 radical (unpaired) electrons. The lowest BCUT2D eigenvalue weighted by atomic mass is 9.93. The van der Waals surface area contributed by atoms with Gasteiger partial charge in [0.05, 0.1) is 12.3 Å². The van der Waals surface area contributed by atoms with Crippen molar-refractivity contribution in [3.63, 3.8) is 0 Å². The van der Waals surface area contributed by atoms with Crippen molar-refractivity contribution in [3.05, 3.63) is 63.1 Å². The molecule has 0 fully saturated rings. The Bertz CT molecular complexity index is 857.